The fourth-order valence-electron chi connectivity index (χ4n) is 3.93. The van der Waals surface area contributed by atoms with E-state index in [1.807, 2.05) is 67.8 Å². The minimum atomic E-state index is -0.622. The minimum absolute atomic E-state index is 0.128. The molecule has 0 saturated carbocycles. The van der Waals surface area contributed by atoms with Gasteiger partial charge in [0.2, 0.25) is 5.91 Å². The lowest BCUT2D eigenvalue weighted by molar-refractivity contribution is -0.127. The zero-order valence-corrected chi connectivity index (χ0v) is 18.8. The fourth-order valence-corrected chi connectivity index (χ4v) is 3.93. The van der Waals surface area contributed by atoms with Crippen LogP contribution >= 0.6 is 0 Å². The Morgan fingerprint density at radius 2 is 1.88 bits per heavy atom. The number of nitrogens with zero attached hydrogens (tertiary/aromatic N) is 3. The van der Waals surface area contributed by atoms with Gasteiger partial charge < -0.3 is 15.2 Å². The Labute approximate surface area is 191 Å². The molecule has 33 heavy (non-hydrogen) atoms. The molecule has 1 fully saturated rings. The molecular formula is C25H25N5O3. The summed E-state index contributed by atoms with van der Waals surface area (Å²) in [5.41, 5.74) is 4.39. The number of urea groups is 1. The first kappa shape index (κ1) is 22.0. The van der Waals surface area contributed by atoms with Gasteiger partial charge in [-0.25, -0.2) is 14.7 Å². The van der Waals surface area contributed by atoms with Crippen LogP contribution in [0.2, 0.25) is 0 Å². The van der Waals surface area contributed by atoms with Gasteiger partial charge in [0.15, 0.2) is 0 Å². The second kappa shape index (κ2) is 9.12. The summed E-state index contributed by atoms with van der Waals surface area (Å²) in [7, 11) is 0. The Kier molecular flexibility index (Phi) is 6.08. The van der Waals surface area contributed by atoms with E-state index in [0.717, 1.165) is 39.7 Å². The van der Waals surface area contributed by atoms with Gasteiger partial charge in [0, 0.05) is 23.3 Å². The minimum Gasteiger partial charge on any atom is -0.324 e. The molecule has 0 aliphatic carbocycles. The number of amides is 4. The summed E-state index contributed by atoms with van der Waals surface area (Å²) >= 11 is 0. The number of anilines is 1. The molecule has 0 unspecified atom stereocenters. The first-order valence-electron chi connectivity index (χ1n) is 10.7. The van der Waals surface area contributed by atoms with Gasteiger partial charge in [0.1, 0.15) is 18.1 Å². The van der Waals surface area contributed by atoms with Crippen LogP contribution in [0.15, 0.2) is 60.4 Å². The van der Waals surface area contributed by atoms with Crippen molar-refractivity contribution in [1.29, 1.82) is 0 Å². The van der Waals surface area contributed by atoms with E-state index in [2.05, 4.69) is 15.6 Å². The number of rotatable bonds is 6. The molecule has 4 amide bonds. The van der Waals surface area contributed by atoms with Crippen LogP contribution in [-0.2, 0) is 16.0 Å². The normalized spacial score (nSPS) is 14.6. The van der Waals surface area contributed by atoms with Gasteiger partial charge in [-0.2, -0.15) is 0 Å². The van der Waals surface area contributed by atoms with Crippen LogP contribution in [0.5, 0.6) is 0 Å². The van der Waals surface area contributed by atoms with Crippen LogP contribution in [0, 0.1) is 13.8 Å². The molecule has 0 radical (unpaired) electrons. The second-order valence-corrected chi connectivity index (χ2v) is 7.79. The number of nitrogens with one attached hydrogen (secondary N) is 2. The van der Waals surface area contributed by atoms with E-state index in [0.29, 0.717) is 5.69 Å². The van der Waals surface area contributed by atoms with Crippen LogP contribution in [0.25, 0.3) is 11.9 Å². The third kappa shape index (κ3) is 4.41. The lowest BCUT2D eigenvalue weighted by Crippen LogP contribution is -2.38. The van der Waals surface area contributed by atoms with E-state index >= 15 is 0 Å². The number of hydrogen-bond acceptors (Lipinski definition) is 4. The molecule has 8 heteroatoms. The highest BCUT2D eigenvalue weighted by molar-refractivity contribution is 6.16. The van der Waals surface area contributed by atoms with E-state index in [9.17, 15) is 14.4 Å². The summed E-state index contributed by atoms with van der Waals surface area (Å²) in [6.45, 7) is 5.49. The van der Waals surface area contributed by atoms with Gasteiger partial charge in [-0.1, -0.05) is 31.2 Å². The quantitative estimate of drug-likeness (QED) is 0.450. The number of para-hydroxylation sites is 1. The number of pyridine rings is 1. The van der Waals surface area contributed by atoms with Gasteiger partial charge in [-0.3, -0.25) is 9.59 Å². The summed E-state index contributed by atoms with van der Waals surface area (Å²) in [4.78, 5) is 43.1. The topological polar surface area (TPSA) is 96.3 Å². The van der Waals surface area contributed by atoms with Crippen molar-refractivity contribution in [3.8, 4) is 5.82 Å². The molecule has 3 heterocycles. The van der Waals surface area contributed by atoms with E-state index < -0.39 is 17.8 Å². The highest BCUT2D eigenvalue weighted by Gasteiger charge is 2.35. The standard InChI is InChI=1S/C25H25N5O3/c1-4-18-9-5-6-10-20(18)27-23(31)15-29-24(32)21(28-25(29)33)14-19-13-16(2)30(17(19)3)22-11-7-8-12-26-22/h5-14H,4,15H2,1-3H3,(H,27,31)(H,28,33)/b21-14+. The van der Waals surface area contributed by atoms with Gasteiger partial charge >= 0.3 is 6.03 Å². The maximum atomic E-state index is 12.9. The molecule has 1 aliphatic rings. The first-order valence-corrected chi connectivity index (χ1v) is 10.7. The number of carbonyl (C=O) groups is 3. The van der Waals surface area contributed by atoms with Crippen molar-refractivity contribution in [2.75, 3.05) is 11.9 Å². The Morgan fingerprint density at radius 1 is 1.12 bits per heavy atom. The monoisotopic (exact) mass is 443 g/mol. The van der Waals surface area contributed by atoms with Crippen molar-refractivity contribution in [3.63, 3.8) is 0 Å². The largest absolute Gasteiger partial charge is 0.329 e. The third-order valence-electron chi connectivity index (χ3n) is 5.58. The van der Waals surface area contributed by atoms with Crippen molar-refractivity contribution < 1.29 is 14.4 Å². The molecule has 0 atom stereocenters. The number of benzene rings is 1. The summed E-state index contributed by atoms with van der Waals surface area (Å²) < 4.78 is 1.98. The summed E-state index contributed by atoms with van der Waals surface area (Å²) in [5.74, 6) is -0.208. The Morgan fingerprint density at radius 3 is 2.61 bits per heavy atom. The van der Waals surface area contributed by atoms with E-state index in [1.165, 1.54) is 0 Å². The van der Waals surface area contributed by atoms with Crippen LogP contribution in [-0.4, -0.2) is 38.8 Å². The Bertz CT molecular complexity index is 1260. The molecule has 2 N–H and O–H groups in total. The molecule has 2 aromatic heterocycles. The average molecular weight is 444 g/mol. The highest BCUT2D eigenvalue weighted by Crippen LogP contribution is 2.23. The maximum Gasteiger partial charge on any atom is 0.329 e. The Balaban J connectivity index is 1.52. The molecular weight excluding hydrogens is 418 g/mol. The van der Waals surface area contributed by atoms with Crippen molar-refractivity contribution in [2.45, 2.75) is 27.2 Å². The molecule has 3 aromatic rings. The maximum absolute atomic E-state index is 12.9. The SMILES string of the molecule is CCc1ccccc1NC(=O)CN1C(=O)N/C(=C/c2cc(C)n(-c3ccccn3)c2C)C1=O. The predicted molar refractivity (Wildman–Crippen MR) is 126 cm³/mol. The van der Waals surface area contributed by atoms with Crippen molar-refractivity contribution in [1.82, 2.24) is 19.8 Å². The molecule has 1 aliphatic heterocycles. The summed E-state index contributed by atoms with van der Waals surface area (Å²) in [5, 5.41) is 5.37. The molecule has 0 bridgehead atoms. The van der Waals surface area contributed by atoms with Crippen LogP contribution < -0.4 is 10.6 Å². The summed E-state index contributed by atoms with van der Waals surface area (Å²) in [6.07, 6.45) is 4.10. The molecule has 8 nitrogen and oxygen atoms in total. The van der Waals surface area contributed by atoms with Crippen LogP contribution in [0.4, 0.5) is 10.5 Å². The number of aryl methyl sites for hydroxylation is 2. The smallest absolute Gasteiger partial charge is 0.324 e. The van der Waals surface area contributed by atoms with E-state index in [1.54, 1.807) is 18.3 Å². The number of hydrogen-bond donors (Lipinski definition) is 2. The van der Waals surface area contributed by atoms with E-state index in [-0.39, 0.29) is 12.2 Å². The van der Waals surface area contributed by atoms with E-state index in [4.69, 9.17) is 0 Å². The molecule has 1 saturated heterocycles. The van der Waals surface area contributed by atoms with Gasteiger partial charge in [0.25, 0.3) is 5.91 Å². The molecule has 168 valence electrons. The fraction of sp³-hybridized carbons (Fsp3) is 0.200. The van der Waals surface area contributed by atoms with Crippen molar-refractivity contribution in [2.24, 2.45) is 0 Å². The lowest BCUT2D eigenvalue weighted by atomic mass is 10.1. The van der Waals surface area contributed by atoms with Gasteiger partial charge in [-0.05, 0) is 61.7 Å². The van der Waals surface area contributed by atoms with Crippen LogP contribution in [0.1, 0.15) is 29.4 Å². The van der Waals surface area contributed by atoms with Gasteiger partial charge in [-0.15, -0.1) is 0 Å². The Hall–Kier alpha value is -4.20. The van der Waals surface area contributed by atoms with Crippen LogP contribution in [0.3, 0.4) is 0 Å². The zero-order valence-electron chi connectivity index (χ0n) is 18.8. The number of imide groups is 1. The molecule has 4 rings (SSSR count). The number of aromatic nitrogens is 2. The average Bonchev–Trinajstić information content (AvgIpc) is 3.23. The molecule has 1 aromatic carbocycles. The lowest BCUT2D eigenvalue weighted by Gasteiger charge is -2.13. The van der Waals surface area contributed by atoms with Crippen molar-refractivity contribution in [3.05, 3.63) is 82.9 Å². The first-order chi connectivity index (χ1) is 15.9. The summed E-state index contributed by atoms with van der Waals surface area (Å²) in [6, 6.07) is 14.4. The zero-order chi connectivity index (χ0) is 23.5. The molecule has 0 spiro atoms. The van der Waals surface area contributed by atoms with Gasteiger partial charge in [0.05, 0.1) is 0 Å². The number of carbonyl (C=O) groups excluding carboxylic acids is 3. The highest BCUT2D eigenvalue weighted by atomic mass is 16.2. The second-order valence-electron chi connectivity index (χ2n) is 7.79. The van der Waals surface area contributed by atoms with Crippen molar-refractivity contribution >= 4 is 29.6 Å². The predicted octanol–water partition coefficient (Wildman–Crippen LogP) is 3.58. The third-order valence-corrected chi connectivity index (χ3v) is 5.58.